The molecule has 1 atom stereocenters. The van der Waals surface area contributed by atoms with Crippen LogP contribution in [0.2, 0.25) is 0 Å². The maximum Gasteiger partial charge on any atom is 0.261 e. The molecule has 5 aromatic rings. The molecule has 1 amide bonds. The van der Waals surface area contributed by atoms with Crippen LogP contribution in [0.1, 0.15) is 48.2 Å². The second kappa shape index (κ2) is 10.7. The van der Waals surface area contributed by atoms with Crippen LogP contribution in [0.3, 0.4) is 0 Å². The van der Waals surface area contributed by atoms with Gasteiger partial charge in [-0.3, -0.25) is 19.1 Å². The fraction of sp³-hybridized carbons (Fsp3) is 0.226. The zero-order valence-electron chi connectivity index (χ0n) is 21.2. The molecule has 2 heterocycles. The molecule has 0 aliphatic heterocycles. The highest BCUT2D eigenvalue weighted by Crippen LogP contribution is 2.27. The van der Waals surface area contributed by atoms with E-state index in [4.69, 9.17) is 4.98 Å². The fourth-order valence-electron chi connectivity index (χ4n) is 4.96. The van der Waals surface area contributed by atoms with Gasteiger partial charge in [0, 0.05) is 37.0 Å². The van der Waals surface area contributed by atoms with Crippen LogP contribution in [0, 0.1) is 0 Å². The maximum atomic E-state index is 14.1. The number of fused-ring (bicyclic) bond motifs is 2. The molecule has 3 aromatic carbocycles. The molecule has 0 aliphatic carbocycles. The molecule has 0 saturated heterocycles. The number of hydrogen-bond donors (Lipinski definition) is 0. The molecule has 0 saturated carbocycles. The van der Waals surface area contributed by atoms with Crippen LogP contribution in [0.5, 0.6) is 0 Å². The molecule has 0 fully saturated rings. The van der Waals surface area contributed by atoms with Gasteiger partial charge in [-0.1, -0.05) is 55.5 Å². The molecule has 0 radical (unpaired) electrons. The second-order valence-electron chi connectivity index (χ2n) is 9.09. The van der Waals surface area contributed by atoms with E-state index < -0.39 is 0 Å². The van der Waals surface area contributed by atoms with Crippen molar-refractivity contribution in [2.75, 3.05) is 6.54 Å². The van der Waals surface area contributed by atoms with Crippen molar-refractivity contribution in [2.45, 2.75) is 39.3 Å². The number of rotatable bonds is 8. The van der Waals surface area contributed by atoms with Gasteiger partial charge in [0.15, 0.2) is 0 Å². The number of nitrogens with zero attached hydrogens (tertiary/aromatic N) is 4. The van der Waals surface area contributed by atoms with Gasteiger partial charge in [0.05, 0.1) is 16.9 Å². The lowest BCUT2D eigenvalue weighted by molar-refractivity contribution is 0.0659. The van der Waals surface area contributed by atoms with Crippen molar-refractivity contribution in [1.29, 1.82) is 0 Å². The summed E-state index contributed by atoms with van der Waals surface area (Å²) < 4.78 is 1.71. The molecule has 6 heteroatoms. The van der Waals surface area contributed by atoms with E-state index in [9.17, 15) is 9.59 Å². The van der Waals surface area contributed by atoms with Crippen LogP contribution in [0.4, 0.5) is 0 Å². The van der Waals surface area contributed by atoms with Gasteiger partial charge in [-0.2, -0.15) is 0 Å². The molecule has 1 unspecified atom stereocenters. The summed E-state index contributed by atoms with van der Waals surface area (Å²) in [5, 5.41) is 2.69. The number of carbonyl (C=O) groups is 1. The highest BCUT2D eigenvalue weighted by atomic mass is 16.2. The van der Waals surface area contributed by atoms with Crippen molar-refractivity contribution >= 4 is 27.6 Å². The van der Waals surface area contributed by atoms with Crippen LogP contribution in [0.15, 0.2) is 95.9 Å². The highest BCUT2D eigenvalue weighted by molar-refractivity contribution is 5.98. The van der Waals surface area contributed by atoms with Crippen molar-refractivity contribution in [3.05, 3.63) is 119 Å². The van der Waals surface area contributed by atoms with Gasteiger partial charge in [-0.05, 0) is 60.5 Å². The first-order chi connectivity index (χ1) is 18.1. The Hall–Kier alpha value is -4.32. The summed E-state index contributed by atoms with van der Waals surface area (Å²) >= 11 is 0. The van der Waals surface area contributed by atoms with Gasteiger partial charge in [-0.15, -0.1) is 0 Å². The second-order valence-corrected chi connectivity index (χ2v) is 9.09. The summed E-state index contributed by atoms with van der Waals surface area (Å²) in [5.41, 5.74) is 2.09. The minimum atomic E-state index is -0.375. The number of amides is 1. The molecule has 186 valence electrons. The number of carbonyl (C=O) groups excluding carboxylic acids is 1. The van der Waals surface area contributed by atoms with Crippen LogP contribution < -0.4 is 5.56 Å². The lowest BCUT2D eigenvalue weighted by atomic mass is 10.0. The predicted molar refractivity (Wildman–Crippen MR) is 148 cm³/mol. The first-order valence-electron chi connectivity index (χ1n) is 12.8. The Morgan fingerprint density at radius 3 is 2.43 bits per heavy atom. The SMILES string of the molecule is CCC(c1nc2ccccc2c(=O)n1CC)N(CCc1ccccn1)C(=O)c1ccc2ccccc2c1. The Morgan fingerprint density at radius 2 is 1.68 bits per heavy atom. The van der Waals surface area contributed by atoms with Crippen molar-refractivity contribution in [3.63, 3.8) is 0 Å². The highest BCUT2D eigenvalue weighted by Gasteiger charge is 2.29. The van der Waals surface area contributed by atoms with Gasteiger partial charge in [0.2, 0.25) is 0 Å². The first-order valence-corrected chi connectivity index (χ1v) is 12.8. The monoisotopic (exact) mass is 490 g/mol. The fourth-order valence-corrected chi connectivity index (χ4v) is 4.96. The first kappa shape index (κ1) is 24.4. The van der Waals surface area contributed by atoms with Crippen molar-refractivity contribution in [1.82, 2.24) is 19.4 Å². The quantitative estimate of drug-likeness (QED) is 0.276. The molecule has 5 rings (SSSR count). The lowest BCUT2D eigenvalue weighted by Crippen LogP contribution is -2.40. The van der Waals surface area contributed by atoms with E-state index in [0.29, 0.717) is 48.2 Å². The zero-order chi connectivity index (χ0) is 25.8. The third kappa shape index (κ3) is 4.87. The third-order valence-corrected chi connectivity index (χ3v) is 6.86. The van der Waals surface area contributed by atoms with Gasteiger partial charge in [-0.25, -0.2) is 4.98 Å². The van der Waals surface area contributed by atoms with E-state index in [1.165, 1.54) is 0 Å². The number of para-hydroxylation sites is 1. The maximum absolute atomic E-state index is 14.1. The summed E-state index contributed by atoms with van der Waals surface area (Å²) in [7, 11) is 0. The zero-order valence-corrected chi connectivity index (χ0v) is 21.2. The standard InChI is InChI=1S/C31H30N4O2/c1-3-28(29-33-27-15-8-7-14-26(27)31(37)34(29)4-2)35(20-18-25-13-9-10-19-32-25)30(36)24-17-16-22-11-5-6-12-23(22)21-24/h5-17,19,21,28H,3-4,18,20H2,1-2H3. The molecular weight excluding hydrogens is 460 g/mol. The Bertz CT molecular complexity index is 1610. The van der Waals surface area contributed by atoms with E-state index >= 15 is 0 Å². The van der Waals surface area contributed by atoms with Crippen molar-refractivity contribution in [2.24, 2.45) is 0 Å². The Kier molecular flexibility index (Phi) is 7.08. The van der Waals surface area contributed by atoms with Gasteiger partial charge in [0.25, 0.3) is 11.5 Å². The molecule has 0 N–H and O–H groups in total. The molecule has 0 bridgehead atoms. The van der Waals surface area contributed by atoms with E-state index in [1.807, 2.05) is 97.6 Å². The largest absolute Gasteiger partial charge is 0.328 e. The van der Waals surface area contributed by atoms with Crippen LogP contribution in [-0.2, 0) is 13.0 Å². The molecule has 6 nitrogen and oxygen atoms in total. The van der Waals surface area contributed by atoms with Crippen LogP contribution >= 0.6 is 0 Å². The van der Waals surface area contributed by atoms with Crippen molar-refractivity contribution in [3.8, 4) is 0 Å². The molecule has 0 spiro atoms. The summed E-state index contributed by atoms with van der Waals surface area (Å²) in [5.74, 6) is 0.530. The van der Waals surface area contributed by atoms with E-state index in [1.54, 1.807) is 16.8 Å². The van der Waals surface area contributed by atoms with Gasteiger partial charge >= 0.3 is 0 Å². The van der Waals surface area contributed by atoms with Crippen LogP contribution in [-0.4, -0.2) is 31.9 Å². The smallest absolute Gasteiger partial charge is 0.261 e. The summed E-state index contributed by atoms with van der Waals surface area (Å²) in [6.45, 7) is 4.90. The van der Waals surface area contributed by atoms with E-state index in [0.717, 1.165) is 16.5 Å². The van der Waals surface area contributed by atoms with Gasteiger partial charge in [0.1, 0.15) is 5.82 Å². The minimum absolute atomic E-state index is 0.0793. The summed E-state index contributed by atoms with van der Waals surface area (Å²) in [6.07, 6.45) is 2.98. The summed E-state index contributed by atoms with van der Waals surface area (Å²) in [4.78, 5) is 38.8. The molecular formula is C31H30N4O2. The number of hydrogen-bond acceptors (Lipinski definition) is 4. The molecule has 37 heavy (non-hydrogen) atoms. The summed E-state index contributed by atoms with van der Waals surface area (Å²) in [6, 6.07) is 26.7. The van der Waals surface area contributed by atoms with Crippen LogP contribution in [0.25, 0.3) is 21.7 Å². The van der Waals surface area contributed by atoms with Crippen molar-refractivity contribution < 1.29 is 4.79 Å². The normalized spacial score (nSPS) is 12.1. The third-order valence-electron chi connectivity index (χ3n) is 6.86. The average molecular weight is 491 g/mol. The van der Waals surface area contributed by atoms with E-state index in [2.05, 4.69) is 4.98 Å². The predicted octanol–water partition coefficient (Wildman–Crippen LogP) is 5.80. The lowest BCUT2D eigenvalue weighted by Gasteiger charge is -2.32. The molecule has 2 aromatic heterocycles. The van der Waals surface area contributed by atoms with Gasteiger partial charge < -0.3 is 4.90 Å². The Labute approximate surface area is 216 Å². The number of benzene rings is 3. The molecule has 0 aliphatic rings. The topological polar surface area (TPSA) is 68.1 Å². The van der Waals surface area contributed by atoms with E-state index in [-0.39, 0.29) is 17.5 Å². The number of pyridine rings is 1. The Morgan fingerprint density at radius 1 is 0.919 bits per heavy atom. The minimum Gasteiger partial charge on any atom is -0.328 e. The number of aromatic nitrogens is 3. The Balaban J connectivity index is 1.61. The average Bonchev–Trinajstić information content (AvgIpc) is 2.95.